The van der Waals surface area contributed by atoms with Gasteiger partial charge in [0.2, 0.25) is 0 Å². The fourth-order valence-electron chi connectivity index (χ4n) is 2.73. The summed E-state index contributed by atoms with van der Waals surface area (Å²) in [4.78, 5) is 0. The zero-order valence-electron chi connectivity index (χ0n) is 12.2. The first-order valence-corrected chi connectivity index (χ1v) is 7.31. The van der Waals surface area contributed by atoms with Crippen LogP contribution in [0.25, 0.3) is 5.57 Å². The molecule has 0 aliphatic heterocycles. The van der Waals surface area contributed by atoms with Gasteiger partial charge in [0.25, 0.3) is 0 Å². The van der Waals surface area contributed by atoms with Crippen molar-refractivity contribution < 1.29 is 9.47 Å². The molecule has 3 rings (SSSR count). The van der Waals surface area contributed by atoms with Gasteiger partial charge >= 0.3 is 0 Å². The normalized spacial score (nSPS) is 13.9. The number of rotatable bonds is 3. The first-order chi connectivity index (χ1) is 10.2. The van der Waals surface area contributed by atoms with Gasteiger partial charge in [0.1, 0.15) is 11.5 Å². The summed E-state index contributed by atoms with van der Waals surface area (Å²) in [6, 6.07) is 14.2. The van der Waals surface area contributed by atoms with Crippen molar-refractivity contribution in [2.24, 2.45) is 0 Å². The molecule has 1 aliphatic rings. The second-order valence-corrected chi connectivity index (χ2v) is 5.49. The van der Waals surface area contributed by atoms with E-state index in [4.69, 9.17) is 21.1 Å². The van der Waals surface area contributed by atoms with E-state index < -0.39 is 0 Å². The van der Waals surface area contributed by atoms with Crippen molar-refractivity contribution >= 4 is 17.2 Å². The van der Waals surface area contributed by atoms with Crippen molar-refractivity contribution in [3.05, 3.63) is 64.2 Å². The molecule has 3 heteroatoms. The first-order valence-electron chi connectivity index (χ1n) is 6.93. The van der Waals surface area contributed by atoms with Crippen LogP contribution >= 0.6 is 11.6 Å². The van der Waals surface area contributed by atoms with E-state index >= 15 is 0 Å². The third-order valence-corrected chi connectivity index (χ3v) is 4.22. The number of hydrogen-bond donors (Lipinski definition) is 0. The number of halogens is 1. The molecule has 0 saturated heterocycles. The summed E-state index contributed by atoms with van der Waals surface area (Å²) in [6.45, 7) is 0. The maximum Gasteiger partial charge on any atom is 0.119 e. The second-order valence-electron chi connectivity index (χ2n) is 5.03. The van der Waals surface area contributed by atoms with Gasteiger partial charge in [-0.05, 0) is 53.8 Å². The van der Waals surface area contributed by atoms with Gasteiger partial charge in [0.15, 0.2) is 0 Å². The Morgan fingerprint density at radius 1 is 0.857 bits per heavy atom. The number of methoxy groups -OCH3 is 2. The van der Waals surface area contributed by atoms with Crippen LogP contribution in [0.3, 0.4) is 0 Å². The van der Waals surface area contributed by atoms with Gasteiger partial charge in [-0.15, -0.1) is 0 Å². The van der Waals surface area contributed by atoms with E-state index in [-0.39, 0.29) is 0 Å². The summed E-state index contributed by atoms with van der Waals surface area (Å²) in [7, 11) is 3.36. The molecule has 0 atom stereocenters. The molecule has 2 aromatic carbocycles. The molecular formula is C18H17ClO2. The topological polar surface area (TPSA) is 18.5 Å². The lowest BCUT2D eigenvalue weighted by Crippen LogP contribution is -2.04. The summed E-state index contributed by atoms with van der Waals surface area (Å²) in [5, 5.41) is 0.915. The van der Waals surface area contributed by atoms with Crippen molar-refractivity contribution in [2.75, 3.05) is 14.2 Å². The van der Waals surface area contributed by atoms with Crippen LogP contribution in [0, 0.1) is 0 Å². The monoisotopic (exact) mass is 300 g/mol. The molecule has 108 valence electrons. The summed E-state index contributed by atoms with van der Waals surface area (Å²) in [5.74, 6) is 1.74. The first kappa shape index (κ1) is 14.0. The van der Waals surface area contributed by atoms with E-state index in [2.05, 4.69) is 24.3 Å². The molecule has 21 heavy (non-hydrogen) atoms. The largest absolute Gasteiger partial charge is 0.497 e. The number of ether oxygens (including phenoxy) is 2. The van der Waals surface area contributed by atoms with Crippen molar-refractivity contribution in [1.29, 1.82) is 0 Å². The summed E-state index contributed by atoms with van der Waals surface area (Å²) < 4.78 is 10.5. The molecule has 0 heterocycles. The van der Waals surface area contributed by atoms with E-state index in [1.165, 1.54) is 11.1 Å². The molecule has 2 nitrogen and oxygen atoms in total. The van der Waals surface area contributed by atoms with Crippen LogP contribution in [0.4, 0.5) is 0 Å². The van der Waals surface area contributed by atoms with E-state index in [0.717, 1.165) is 40.5 Å². The minimum absolute atomic E-state index is 0.848. The van der Waals surface area contributed by atoms with Crippen LogP contribution in [0.1, 0.15) is 23.1 Å². The third kappa shape index (κ3) is 2.64. The van der Waals surface area contributed by atoms with Crippen molar-refractivity contribution in [3.8, 4) is 11.5 Å². The van der Waals surface area contributed by atoms with Gasteiger partial charge in [-0.2, -0.15) is 0 Å². The van der Waals surface area contributed by atoms with E-state index in [0.29, 0.717) is 0 Å². The zero-order chi connectivity index (χ0) is 14.8. The Balaban J connectivity index is 2.08. The van der Waals surface area contributed by atoms with Gasteiger partial charge in [0, 0.05) is 10.6 Å². The number of aryl methyl sites for hydroxylation is 1. The van der Waals surface area contributed by atoms with Gasteiger partial charge < -0.3 is 9.47 Å². The Morgan fingerprint density at radius 2 is 1.52 bits per heavy atom. The van der Waals surface area contributed by atoms with Crippen molar-refractivity contribution in [1.82, 2.24) is 0 Å². The molecule has 0 unspecified atom stereocenters. The number of benzene rings is 2. The van der Waals surface area contributed by atoms with E-state index in [9.17, 15) is 0 Å². The lowest BCUT2D eigenvalue weighted by molar-refractivity contribution is 0.414. The molecule has 0 fully saturated rings. The van der Waals surface area contributed by atoms with Crippen molar-refractivity contribution in [2.45, 2.75) is 12.8 Å². The quantitative estimate of drug-likeness (QED) is 0.821. The van der Waals surface area contributed by atoms with E-state index in [1.54, 1.807) is 14.2 Å². The standard InChI is InChI=1S/C18H17ClO2/c1-20-14-6-3-12(4-7-14)18-16-9-8-15(21-2)11-13(16)5-10-17(18)19/h3-4,6-9,11H,5,10H2,1-2H3. The summed E-state index contributed by atoms with van der Waals surface area (Å²) in [5.41, 5.74) is 4.71. The highest BCUT2D eigenvalue weighted by atomic mass is 35.5. The van der Waals surface area contributed by atoms with Gasteiger partial charge in [-0.3, -0.25) is 0 Å². The SMILES string of the molecule is COc1ccc(C2=C(Cl)CCc3cc(OC)ccc32)cc1. The van der Waals surface area contributed by atoms with Gasteiger partial charge in [0.05, 0.1) is 14.2 Å². The Morgan fingerprint density at radius 3 is 2.19 bits per heavy atom. The Labute approximate surface area is 130 Å². The van der Waals surface area contributed by atoms with Crippen molar-refractivity contribution in [3.63, 3.8) is 0 Å². The smallest absolute Gasteiger partial charge is 0.119 e. The minimum atomic E-state index is 0.848. The van der Waals surface area contributed by atoms with Crippen LogP contribution in [0.15, 0.2) is 47.5 Å². The predicted octanol–water partition coefficient (Wildman–Crippen LogP) is 4.65. The third-order valence-electron chi connectivity index (χ3n) is 3.85. The average Bonchev–Trinajstić information content (AvgIpc) is 2.54. The highest BCUT2D eigenvalue weighted by molar-refractivity contribution is 6.33. The zero-order valence-corrected chi connectivity index (χ0v) is 12.9. The Kier molecular flexibility index (Phi) is 3.89. The van der Waals surface area contributed by atoms with Gasteiger partial charge in [-0.25, -0.2) is 0 Å². The summed E-state index contributed by atoms with van der Waals surface area (Å²) in [6.07, 6.45) is 1.81. The fourth-order valence-corrected chi connectivity index (χ4v) is 3.04. The fraction of sp³-hybridized carbons (Fsp3) is 0.222. The van der Waals surface area contributed by atoms with Crippen LogP contribution in [0.2, 0.25) is 0 Å². The maximum atomic E-state index is 6.51. The average molecular weight is 301 g/mol. The number of fused-ring (bicyclic) bond motifs is 1. The van der Waals surface area contributed by atoms with Gasteiger partial charge in [-0.1, -0.05) is 29.8 Å². The minimum Gasteiger partial charge on any atom is -0.497 e. The molecule has 0 N–H and O–H groups in total. The lowest BCUT2D eigenvalue weighted by atomic mass is 9.86. The van der Waals surface area contributed by atoms with Crippen LogP contribution in [0.5, 0.6) is 11.5 Å². The maximum absolute atomic E-state index is 6.51. The Bertz CT molecular complexity index is 687. The highest BCUT2D eigenvalue weighted by Gasteiger charge is 2.19. The summed E-state index contributed by atoms with van der Waals surface area (Å²) >= 11 is 6.51. The molecular weight excluding hydrogens is 284 g/mol. The molecule has 2 aromatic rings. The van der Waals surface area contributed by atoms with Crippen LogP contribution in [-0.2, 0) is 6.42 Å². The predicted molar refractivity (Wildman–Crippen MR) is 86.2 cm³/mol. The molecule has 0 aromatic heterocycles. The molecule has 0 amide bonds. The highest BCUT2D eigenvalue weighted by Crippen LogP contribution is 2.39. The molecule has 0 saturated carbocycles. The molecule has 1 aliphatic carbocycles. The lowest BCUT2D eigenvalue weighted by Gasteiger charge is -2.21. The second kappa shape index (κ2) is 5.82. The number of allylic oxidation sites excluding steroid dienone is 1. The van der Waals surface area contributed by atoms with Crippen LogP contribution < -0.4 is 9.47 Å². The number of hydrogen-bond acceptors (Lipinski definition) is 2. The molecule has 0 bridgehead atoms. The molecule has 0 spiro atoms. The molecule has 0 radical (unpaired) electrons. The Hall–Kier alpha value is -1.93. The van der Waals surface area contributed by atoms with E-state index in [1.807, 2.05) is 18.2 Å². The van der Waals surface area contributed by atoms with Crippen LogP contribution in [-0.4, -0.2) is 14.2 Å².